The first kappa shape index (κ1) is 11.0. The van der Waals surface area contributed by atoms with E-state index in [1.54, 1.807) is 7.11 Å². The summed E-state index contributed by atoms with van der Waals surface area (Å²) in [5.41, 5.74) is 1.96. The second-order valence-corrected chi connectivity index (χ2v) is 4.93. The Balaban J connectivity index is 2.55. The Labute approximate surface area is 95.0 Å². The van der Waals surface area contributed by atoms with E-state index in [2.05, 4.69) is 13.8 Å². The summed E-state index contributed by atoms with van der Waals surface area (Å²) in [6.45, 7) is 4.17. The second-order valence-electron chi connectivity index (χ2n) is 4.93. The molecule has 0 heterocycles. The third-order valence-corrected chi connectivity index (χ3v) is 3.38. The molecular formula is C13H16O3. The highest BCUT2D eigenvalue weighted by atomic mass is 16.5. The molecule has 0 aromatic heterocycles. The highest BCUT2D eigenvalue weighted by Gasteiger charge is 2.40. The number of carbonyl (C=O) groups is 1. The molecule has 3 nitrogen and oxygen atoms in total. The maximum absolute atomic E-state index is 11.2. The molecule has 1 aliphatic rings. The predicted octanol–water partition coefficient (Wildman–Crippen LogP) is 2.54. The van der Waals surface area contributed by atoms with Crippen molar-refractivity contribution in [1.29, 1.82) is 0 Å². The molecule has 1 N–H and O–H groups in total. The van der Waals surface area contributed by atoms with Gasteiger partial charge in [-0.1, -0.05) is 19.9 Å². The van der Waals surface area contributed by atoms with Crippen molar-refractivity contribution in [1.82, 2.24) is 0 Å². The number of hydrogen-bond donors (Lipinski definition) is 1. The minimum absolute atomic E-state index is 0.0648. The van der Waals surface area contributed by atoms with Crippen LogP contribution in [0.1, 0.15) is 37.3 Å². The minimum atomic E-state index is -0.750. The van der Waals surface area contributed by atoms with Crippen molar-refractivity contribution in [3.8, 4) is 5.75 Å². The summed E-state index contributed by atoms with van der Waals surface area (Å²) in [5, 5.41) is 9.22. The van der Waals surface area contributed by atoms with Crippen molar-refractivity contribution in [3.63, 3.8) is 0 Å². The molecule has 1 unspecified atom stereocenters. The highest BCUT2D eigenvalue weighted by Crippen LogP contribution is 2.46. The van der Waals surface area contributed by atoms with Gasteiger partial charge in [-0.25, -0.2) is 0 Å². The smallest absolute Gasteiger partial charge is 0.311 e. The van der Waals surface area contributed by atoms with Crippen molar-refractivity contribution in [2.45, 2.75) is 31.6 Å². The molecule has 0 saturated carbocycles. The normalized spacial score (nSPS) is 21.6. The largest absolute Gasteiger partial charge is 0.497 e. The van der Waals surface area contributed by atoms with Crippen molar-refractivity contribution in [2.75, 3.05) is 7.11 Å². The maximum Gasteiger partial charge on any atom is 0.311 e. The van der Waals surface area contributed by atoms with E-state index in [0.29, 0.717) is 6.42 Å². The van der Waals surface area contributed by atoms with Crippen LogP contribution < -0.4 is 4.74 Å². The Bertz CT molecular complexity index is 435. The van der Waals surface area contributed by atoms with E-state index in [0.717, 1.165) is 16.9 Å². The highest BCUT2D eigenvalue weighted by molar-refractivity contribution is 5.79. The van der Waals surface area contributed by atoms with Gasteiger partial charge in [0.05, 0.1) is 13.0 Å². The van der Waals surface area contributed by atoms with Gasteiger partial charge in [0.2, 0.25) is 0 Å². The Hall–Kier alpha value is -1.51. The fourth-order valence-corrected chi connectivity index (χ4v) is 2.52. The minimum Gasteiger partial charge on any atom is -0.497 e. The zero-order valence-corrected chi connectivity index (χ0v) is 9.78. The Morgan fingerprint density at radius 2 is 2.19 bits per heavy atom. The lowest BCUT2D eigenvalue weighted by Gasteiger charge is -2.18. The molecule has 0 fully saturated rings. The average Bonchev–Trinajstić information content (AvgIpc) is 2.50. The summed E-state index contributed by atoms with van der Waals surface area (Å²) in [4.78, 5) is 11.2. The third kappa shape index (κ3) is 1.56. The zero-order chi connectivity index (χ0) is 11.9. The molecule has 0 spiro atoms. The quantitative estimate of drug-likeness (QED) is 0.833. The summed E-state index contributed by atoms with van der Waals surface area (Å²) < 4.78 is 5.14. The van der Waals surface area contributed by atoms with E-state index in [1.807, 2.05) is 18.2 Å². The van der Waals surface area contributed by atoms with E-state index in [1.165, 1.54) is 0 Å². The first-order chi connectivity index (χ1) is 7.45. The van der Waals surface area contributed by atoms with Crippen molar-refractivity contribution >= 4 is 5.97 Å². The summed E-state index contributed by atoms with van der Waals surface area (Å²) >= 11 is 0. The van der Waals surface area contributed by atoms with Crippen LogP contribution in [-0.4, -0.2) is 18.2 Å². The van der Waals surface area contributed by atoms with Gasteiger partial charge in [0.1, 0.15) is 5.75 Å². The Morgan fingerprint density at radius 3 is 2.75 bits per heavy atom. The lowest BCUT2D eigenvalue weighted by Crippen LogP contribution is -2.14. The molecule has 1 aliphatic carbocycles. The molecule has 16 heavy (non-hydrogen) atoms. The summed E-state index contributed by atoms with van der Waals surface area (Å²) in [5.74, 6) is -0.428. The number of hydrogen-bond acceptors (Lipinski definition) is 2. The monoisotopic (exact) mass is 220 g/mol. The van der Waals surface area contributed by atoms with E-state index in [4.69, 9.17) is 4.74 Å². The van der Waals surface area contributed by atoms with Crippen molar-refractivity contribution in [3.05, 3.63) is 29.3 Å². The van der Waals surface area contributed by atoms with Gasteiger partial charge in [-0.05, 0) is 35.1 Å². The molecule has 0 aliphatic heterocycles. The summed E-state index contributed by atoms with van der Waals surface area (Å²) in [7, 11) is 1.59. The number of methoxy groups -OCH3 is 1. The molecule has 0 bridgehead atoms. The number of carboxylic acids is 1. The van der Waals surface area contributed by atoms with Crippen LogP contribution in [0.4, 0.5) is 0 Å². The fourth-order valence-electron chi connectivity index (χ4n) is 2.52. The van der Waals surface area contributed by atoms with Crippen LogP contribution in [0.15, 0.2) is 18.2 Å². The van der Waals surface area contributed by atoms with Crippen LogP contribution in [0.2, 0.25) is 0 Å². The lowest BCUT2D eigenvalue weighted by molar-refractivity contribution is -0.139. The molecule has 86 valence electrons. The number of fused-ring (bicyclic) bond motifs is 1. The van der Waals surface area contributed by atoms with Gasteiger partial charge in [-0.15, -0.1) is 0 Å². The van der Waals surface area contributed by atoms with Crippen LogP contribution in [-0.2, 0) is 10.2 Å². The SMILES string of the molecule is COc1ccc2c(c1)C(C(=O)O)CC2(C)C. The van der Waals surface area contributed by atoms with Gasteiger partial charge in [0.15, 0.2) is 0 Å². The molecular weight excluding hydrogens is 204 g/mol. The molecule has 1 aromatic rings. The molecule has 1 aromatic carbocycles. The summed E-state index contributed by atoms with van der Waals surface area (Å²) in [6, 6.07) is 5.73. The second kappa shape index (κ2) is 3.51. The van der Waals surface area contributed by atoms with Gasteiger partial charge in [-0.3, -0.25) is 4.79 Å². The van der Waals surface area contributed by atoms with E-state index in [9.17, 15) is 9.90 Å². The van der Waals surface area contributed by atoms with Crippen molar-refractivity contribution in [2.24, 2.45) is 0 Å². The Morgan fingerprint density at radius 1 is 1.50 bits per heavy atom. The van der Waals surface area contributed by atoms with Crippen LogP contribution in [0, 0.1) is 0 Å². The van der Waals surface area contributed by atoms with Crippen LogP contribution in [0.5, 0.6) is 5.75 Å². The standard InChI is InChI=1S/C13H16O3/c1-13(2)7-10(12(14)15)9-6-8(16-3)4-5-11(9)13/h4-6,10H,7H2,1-3H3,(H,14,15). The van der Waals surface area contributed by atoms with E-state index in [-0.39, 0.29) is 5.41 Å². The fraction of sp³-hybridized carbons (Fsp3) is 0.462. The Kier molecular flexibility index (Phi) is 2.41. The molecule has 0 saturated heterocycles. The van der Waals surface area contributed by atoms with Gasteiger partial charge in [0, 0.05) is 0 Å². The average molecular weight is 220 g/mol. The van der Waals surface area contributed by atoms with Crippen LogP contribution >= 0.6 is 0 Å². The van der Waals surface area contributed by atoms with E-state index < -0.39 is 11.9 Å². The topological polar surface area (TPSA) is 46.5 Å². The molecule has 0 amide bonds. The van der Waals surface area contributed by atoms with Gasteiger partial charge < -0.3 is 9.84 Å². The van der Waals surface area contributed by atoms with E-state index >= 15 is 0 Å². The van der Waals surface area contributed by atoms with Gasteiger partial charge >= 0.3 is 5.97 Å². The first-order valence-corrected chi connectivity index (χ1v) is 5.37. The lowest BCUT2D eigenvalue weighted by atomic mass is 9.86. The number of ether oxygens (including phenoxy) is 1. The number of carboxylic acid groups (broad SMARTS) is 1. The molecule has 0 radical (unpaired) electrons. The van der Waals surface area contributed by atoms with Crippen molar-refractivity contribution < 1.29 is 14.6 Å². The van der Waals surface area contributed by atoms with Gasteiger partial charge in [-0.2, -0.15) is 0 Å². The molecule has 2 rings (SSSR count). The third-order valence-electron chi connectivity index (χ3n) is 3.38. The van der Waals surface area contributed by atoms with Gasteiger partial charge in [0.25, 0.3) is 0 Å². The first-order valence-electron chi connectivity index (χ1n) is 5.37. The predicted molar refractivity (Wildman–Crippen MR) is 61.0 cm³/mol. The number of aliphatic carboxylic acids is 1. The summed E-state index contributed by atoms with van der Waals surface area (Å²) in [6.07, 6.45) is 0.658. The zero-order valence-electron chi connectivity index (χ0n) is 9.78. The molecule has 3 heteroatoms. The van der Waals surface area contributed by atoms with Crippen LogP contribution in [0.25, 0.3) is 0 Å². The maximum atomic E-state index is 11.2. The van der Waals surface area contributed by atoms with Crippen LogP contribution in [0.3, 0.4) is 0 Å². The molecule has 1 atom stereocenters. The number of benzene rings is 1. The number of rotatable bonds is 2.